The standard InChI is InChI=1S/C21H21Cl2N3O3/c1-29-19-7-6-14(22)12-17(19)26-20(27)13-18(21(26)28)25-10-8-24(9-11-25)16-5-3-2-4-15(16)23/h2-7,12,18H,8-11,13H2,1H3/t18-/m1/s1. The number of imide groups is 1. The monoisotopic (exact) mass is 433 g/mol. The third-order valence-corrected chi connectivity index (χ3v) is 6.01. The van der Waals surface area contributed by atoms with Crippen LogP contribution in [0.5, 0.6) is 5.75 Å². The molecule has 2 heterocycles. The van der Waals surface area contributed by atoms with Crippen LogP contribution in [-0.2, 0) is 9.59 Å². The Bertz CT molecular complexity index is 945. The Morgan fingerprint density at radius 1 is 0.966 bits per heavy atom. The molecule has 2 aliphatic heterocycles. The highest BCUT2D eigenvalue weighted by Crippen LogP contribution is 2.36. The van der Waals surface area contributed by atoms with Crippen molar-refractivity contribution in [3.05, 3.63) is 52.5 Å². The molecule has 0 aromatic heterocycles. The van der Waals surface area contributed by atoms with Crippen LogP contribution >= 0.6 is 23.2 Å². The van der Waals surface area contributed by atoms with Crippen LogP contribution in [-0.4, -0.2) is 56.0 Å². The molecule has 2 aliphatic rings. The zero-order valence-corrected chi connectivity index (χ0v) is 17.5. The Labute approximate surface area is 179 Å². The summed E-state index contributed by atoms with van der Waals surface area (Å²) < 4.78 is 5.33. The fourth-order valence-corrected chi connectivity index (χ4v) is 4.40. The fraction of sp³-hybridized carbons (Fsp3) is 0.333. The third-order valence-electron chi connectivity index (χ3n) is 5.45. The van der Waals surface area contributed by atoms with Crippen LogP contribution in [0.4, 0.5) is 11.4 Å². The van der Waals surface area contributed by atoms with Gasteiger partial charge in [-0.3, -0.25) is 14.5 Å². The molecule has 0 saturated carbocycles. The second-order valence-electron chi connectivity index (χ2n) is 7.08. The fourth-order valence-electron chi connectivity index (χ4n) is 3.97. The number of anilines is 2. The first kappa shape index (κ1) is 20.0. The maximum atomic E-state index is 13.1. The molecule has 0 N–H and O–H groups in total. The molecule has 2 amide bonds. The van der Waals surface area contributed by atoms with E-state index in [9.17, 15) is 9.59 Å². The lowest BCUT2D eigenvalue weighted by Gasteiger charge is -2.38. The summed E-state index contributed by atoms with van der Waals surface area (Å²) in [6, 6.07) is 12.2. The maximum absolute atomic E-state index is 13.1. The molecule has 6 nitrogen and oxygen atoms in total. The van der Waals surface area contributed by atoms with Crippen LogP contribution in [0.15, 0.2) is 42.5 Å². The van der Waals surface area contributed by atoms with E-state index >= 15 is 0 Å². The number of methoxy groups -OCH3 is 1. The number of carbonyl (C=O) groups is 2. The van der Waals surface area contributed by atoms with Gasteiger partial charge in [-0.2, -0.15) is 0 Å². The summed E-state index contributed by atoms with van der Waals surface area (Å²) in [7, 11) is 1.50. The largest absolute Gasteiger partial charge is 0.495 e. The van der Waals surface area contributed by atoms with Crippen LogP contribution in [0.25, 0.3) is 0 Å². The Morgan fingerprint density at radius 2 is 1.69 bits per heavy atom. The van der Waals surface area contributed by atoms with Crippen LogP contribution in [0, 0.1) is 0 Å². The lowest BCUT2D eigenvalue weighted by molar-refractivity contribution is -0.123. The summed E-state index contributed by atoms with van der Waals surface area (Å²) in [5, 5.41) is 1.16. The van der Waals surface area contributed by atoms with Crippen molar-refractivity contribution in [2.24, 2.45) is 0 Å². The zero-order valence-electron chi connectivity index (χ0n) is 16.0. The second kappa shape index (κ2) is 8.22. The lowest BCUT2D eigenvalue weighted by Crippen LogP contribution is -2.52. The van der Waals surface area contributed by atoms with Crippen molar-refractivity contribution < 1.29 is 14.3 Å². The Balaban J connectivity index is 1.49. The van der Waals surface area contributed by atoms with Gasteiger partial charge in [0.1, 0.15) is 5.75 Å². The molecule has 0 aliphatic carbocycles. The van der Waals surface area contributed by atoms with Gasteiger partial charge in [-0.05, 0) is 30.3 Å². The molecule has 2 aromatic rings. The van der Waals surface area contributed by atoms with E-state index in [-0.39, 0.29) is 18.2 Å². The van der Waals surface area contributed by atoms with Crippen LogP contribution in [0.2, 0.25) is 10.0 Å². The minimum Gasteiger partial charge on any atom is -0.495 e. The van der Waals surface area contributed by atoms with Gasteiger partial charge in [0.15, 0.2) is 0 Å². The molecule has 2 saturated heterocycles. The molecule has 1 atom stereocenters. The molecule has 152 valence electrons. The van der Waals surface area contributed by atoms with Crippen molar-refractivity contribution in [3.8, 4) is 5.75 Å². The molecule has 0 unspecified atom stereocenters. The number of para-hydroxylation sites is 1. The molecule has 8 heteroatoms. The summed E-state index contributed by atoms with van der Waals surface area (Å²) in [6.45, 7) is 2.83. The topological polar surface area (TPSA) is 53.1 Å². The van der Waals surface area contributed by atoms with E-state index in [1.807, 2.05) is 24.3 Å². The number of hydrogen-bond acceptors (Lipinski definition) is 5. The number of benzene rings is 2. The number of hydrogen-bond donors (Lipinski definition) is 0. The molecule has 0 radical (unpaired) electrons. The van der Waals surface area contributed by atoms with Gasteiger partial charge in [0.05, 0.1) is 36.0 Å². The SMILES string of the molecule is COc1ccc(Cl)cc1N1C(=O)C[C@@H](N2CCN(c3ccccc3Cl)CC2)C1=O. The highest BCUT2D eigenvalue weighted by molar-refractivity contribution is 6.33. The number of carbonyl (C=O) groups excluding carboxylic acids is 2. The van der Waals surface area contributed by atoms with E-state index in [0.29, 0.717) is 34.6 Å². The van der Waals surface area contributed by atoms with Gasteiger partial charge in [-0.25, -0.2) is 4.90 Å². The first-order valence-corrected chi connectivity index (χ1v) is 10.2. The minimum atomic E-state index is -0.473. The Kier molecular flexibility index (Phi) is 5.67. The highest BCUT2D eigenvalue weighted by Gasteiger charge is 2.44. The molecule has 2 aromatic carbocycles. The summed E-state index contributed by atoms with van der Waals surface area (Å²) in [6.07, 6.45) is 0.153. The van der Waals surface area contributed by atoms with Gasteiger partial charge in [0.25, 0.3) is 5.91 Å². The van der Waals surface area contributed by atoms with E-state index in [1.54, 1.807) is 18.2 Å². The molecule has 29 heavy (non-hydrogen) atoms. The first-order chi connectivity index (χ1) is 14.0. The molecular weight excluding hydrogens is 413 g/mol. The second-order valence-corrected chi connectivity index (χ2v) is 7.92. The van der Waals surface area contributed by atoms with E-state index in [4.69, 9.17) is 27.9 Å². The normalized spacial score (nSPS) is 20.4. The first-order valence-electron chi connectivity index (χ1n) is 9.43. The van der Waals surface area contributed by atoms with Gasteiger partial charge in [0.2, 0.25) is 5.91 Å². The molecule has 0 bridgehead atoms. The number of nitrogens with zero attached hydrogens (tertiary/aromatic N) is 3. The number of halogens is 2. The predicted octanol–water partition coefficient (Wildman–Crippen LogP) is 3.46. The quantitative estimate of drug-likeness (QED) is 0.691. The molecule has 0 spiro atoms. The number of piperazine rings is 1. The van der Waals surface area contributed by atoms with Gasteiger partial charge in [0, 0.05) is 31.2 Å². The smallest absolute Gasteiger partial charge is 0.251 e. The minimum absolute atomic E-state index is 0.153. The van der Waals surface area contributed by atoms with E-state index in [0.717, 1.165) is 18.8 Å². The molecule has 4 rings (SSSR count). The third kappa shape index (κ3) is 3.80. The van der Waals surface area contributed by atoms with Gasteiger partial charge in [-0.15, -0.1) is 0 Å². The van der Waals surface area contributed by atoms with Crippen LogP contribution in [0.3, 0.4) is 0 Å². The lowest BCUT2D eigenvalue weighted by atomic mass is 10.1. The van der Waals surface area contributed by atoms with Gasteiger partial charge >= 0.3 is 0 Å². The van der Waals surface area contributed by atoms with Crippen LogP contribution in [0.1, 0.15) is 6.42 Å². The van der Waals surface area contributed by atoms with Crippen molar-refractivity contribution in [1.29, 1.82) is 0 Å². The van der Waals surface area contributed by atoms with Crippen LogP contribution < -0.4 is 14.5 Å². The van der Waals surface area contributed by atoms with E-state index in [2.05, 4.69) is 9.80 Å². The summed E-state index contributed by atoms with van der Waals surface area (Å²) in [5.41, 5.74) is 1.39. The van der Waals surface area contributed by atoms with Crippen molar-refractivity contribution in [2.45, 2.75) is 12.5 Å². The van der Waals surface area contributed by atoms with E-state index < -0.39 is 6.04 Å². The number of rotatable bonds is 4. The molecule has 2 fully saturated rings. The molecular formula is C21H21Cl2N3O3. The van der Waals surface area contributed by atoms with Crippen molar-refractivity contribution in [2.75, 3.05) is 43.1 Å². The summed E-state index contributed by atoms with van der Waals surface area (Å²) in [5.74, 6) is -0.0313. The number of amides is 2. The maximum Gasteiger partial charge on any atom is 0.251 e. The number of ether oxygens (including phenoxy) is 1. The van der Waals surface area contributed by atoms with Crippen molar-refractivity contribution in [1.82, 2.24) is 4.90 Å². The Morgan fingerprint density at radius 3 is 2.38 bits per heavy atom. The van der Waals surface area contributed by atoms with E-state index in [1.165, 1.54) is 12.0 Å². The zero-order chi connectivity index (χ0) is 20.5. The van der Waals surface area contributed by atoms with Gasteiger partial charge < -0.3 is 9.64 Å². The van der Waals surface area contributed by atoms with Crippen molar-refractivity contribution >= 4 is 46.4 Å². The summed E-state index contributed by atoms with van der Waals surface area (Å²) >= 11 is 12.4. The Hall–Kier alpha value is -2.28. The average molecular weight is 434 g/mol. The summed E-state index contributed by atoms with van der Waals surface area (Å²) in [4.78, 5) is 31.3. The van der Waals surface area contributed by atoms with Gasteiger partial charge in [-0.1, -0.05) is 35.3 Å². The van der Waals surface area contributed by atoms with Crippen molar-refractivity contribution in [3.63, 3.8) is 0 Å². The highest BCUT2D eigenvalue weighted by atomic mass is 35.5. The predicted molar refractivity (Wildman–Crippen MR) is 114 cm³/mol. The average Bonchev–Trinajstić information content (AvgIpc) is 3.02.